The van der Waals surface area contributed by atoms with Crippen molar-refractivity contribution in [2.24, 2.45) is 5.92 Å². The maximum Gasteiger partial charge on any atom is 0.0233 e. The molecule has 1 rings (SSSR count). The van der Waals surface area contributed by atoms with Crippen LogP contribution in [0.25, 0.3) is 0 Å². The van der Waals surface area contributed by atoms with Crippen molar-refractivity contribution in [3.05, 3.63) is 35.9 Å². The normalized spacial score (nSPS) is 12.9. The Balaban J connectivity index is 2.39. The van der Waals surface area contributed by atoms with E-state index in [9.17, 15) is 0 Å². The van der Waals surface area contributed by atoms with Crippen LogP contribution >= 0.6 is 0 Å². The molecule has 0 aliphatic heterocycles. The average molecular weight is 247 g/mol. The minimum Gasteiger partial charge on any atom is -0.299 e. The third kappa shape index (κ3) is 6.20. The summed E-state index contributed by atoms with van der Waals surface area (Å²) in [6.45, 7) is 10.5. The van der Waals surface area contributed by atoms with Gasteiger partial charge in [-0.05, 0) is 37.4 Å². The van der Waals surface area contributed by atoms with Crippen molar-refractivity contribution < 1.29 is 0 Å². The molecular formula is C17H29N. The number of benzene rings is 1. The molecule has 0 N–H and O–H groups in total. The molecular weight excluding hydrogens is 218 g/mol. The second-order valence-electron chi connectivity index (χ2n) is 5.44. The van der Waals surface area contributed by atoms with Gasteiger partial charge in [0.05, 0.1) is 0 Å². The van der Waals surface area contributed by atoms with Gasteiger partial charge in [0, 0.05) is 6.54 Å². The van der Waals surface area contributed by atoms with E-state index in [2.05, 4.69) is 56.0 Å². The van der Waals surface area contributed by atoms with Crippen LogP contribution in [0.5, 0.6) is 0 Å². The third-order valence-corrected chi connectivity index (χ3v) is 3.51. The summed E-state index contributed by atoms with van der Waals surface area (Å²) in [4.78, 5) is 2.60. The van der Waals surface area contributed by atoms with Gasteiger partial charge in [0.2, 0.25) is 0 Å². The van der Waals surface area contributed by atoms with Gasteiger partial charge >= 0.3 is 0 Å². The number of nitrogens with zero attached hydrogens (tertiary/aromatic N) is 1. The molecule has 0 heterocycles. The molecule has 0 aliphatic carbocycles. The molecule has 1 aromatic carbocycles. The Hall–Kier alpha value is -0.820. The van der Waals surface area contributed by atoms with Gasteiger partial charge in [0.15, 0.2) is 0 Å². The molecule has 1 heteroatoms. The molecule has 1 atom stereocenters. The third-order valence-electron chi connectivity index (χ3n) is 3.51. The van der Waals surface area contributed by atoms with Gasteiger partial charge in [-0.15, -0.1) is 0 Å². The minimum atomic E-state index is 0.866. The molecule has 0 radical (unpaired) electrons. The van der Waals surface area contributed by atoms with Gasteiger partial charge in [-0.3, -0.25) is 4.90 Å². The Kier molecular flexibility index (Phi) is 7.75. The Morgan fingerprint density at radius 1 is 0.944 bits per heavy atom. The zero-order valence-corrected chi connectivity index (χ0v) is 12.4. The molecule has 102 valence electrons. The maximum absolute atomic E-state index is 2.60. The maximum atomic E-state index is 2.60. The quantitative estimate of drug-likeness (QED) is 0.610. The van der Waals surface area contributed by atoms with E-state index in [0.717, 1.165) is 12.5 Å². The first-order chi connectivity index (χ1) is 8.76. The highest BCUT2D eigenvalue weighted by Crippen LogP contribution is 2.12. The van der Waals surface area contributed by atoms with E-state index in [-0.39, 0.29) is 0 Å². The van der Waals surface area contributed by atoms with Crippen LogP contribution in [0, 0.1) is 5.92 Å². The van der Waals surface area contributed by atoms with Gasteiger partial charge < -0.3 is 0 Å². The first-order valence-corrected chi connectivity index (χ1v) is 7.52. The van der Waals surface area contributed by atoms with Crippen molar-refractivity contribution in [1.82, 2.24) is 4.90 Å². The fourth-order valence-corrected chi connectivity index (χ4v) is 2.47. The minimum absolute atomic E-state index is 0.866. The van der Waals surface area contributed by atoms with Crippen molar-refractivity contribution >= 4 is 0 Å². The summed E-state index contributed by atoms with van der Waals surface area (Å²) in [5, 5.41) is 0. The van der Waals surface area contributed by atoms with Gasteiger partial charge in [0.1, 0.15) is 0 Å². The second kappa shape index (κ2) is 9.16. The SMILES string of the molecule is CCCC(C)CCN(CCC)Cc1ccccc1. The molecule has 0 spiro atoms. The number of hydrogen-bond acceptors (Lipinski definition) is 1. The molecule has 18 heavy (non-hydrogen) atoms. The van der Waals surface area contributed by atoms with Crippen LogP contribution in [0.3, 0.4) is 0 Å². The van der Waals surface area contributed by atoms with E-state index >= 15 is 0 Å². The molecule has 1 unspecified atom stereocenters. The molecule has 0 saturated heterocycles. The number of hydrogen-bond donors (Lipinski definition) is 0. The molecule has 0 aliphatic rings. The summed E-state index contributed by atoms with van der Waals surface area (Å²) >= 11 is 0. The molecule has 1 nitrogen and oxygen atoms in total. The summed E-state index contributed by atoms with van der Waals surface area (Å²) in [5.74, 6) is 0.866. The van der Waals surface area contributed by atoms with Crippen LogP contribution in [0.4, 0.5) is 0 Å². The molecule has 0 fully saturated rings. The molecule has 0 amide bonds. The van der Waals surface area contributed by atoms with E-state index in [4.69, 9.17) is 0 Å². The molecule has 1 aromatic rings. The van der Waals surface area contributed by atoms with Crippen LogP contribution in [-0.4, -0.2) is 18.0 Å². The van der Waals surface area contributed by atoms with E-state index in [1.54, 1.807) is 0 Å². The molecule has 0 aromatic heterocycles. The van der Waals surface area contributed by atoms with Crippen molar-refractivity contribution in [2.75, 3.05) is 13.1 Å². The van der Waals surface area contributed by atoms with E-state index in [1.807, 2.05) is 0 Å². The zero-order chi connectivity index (χ0) is 13.2. The van der Waals surface area contributed by atoms with Crippen molar-refractivity contribution in [3.8, 4) is 0 Å². The first-order valence-electron chi connectivity index (χ1n) is 7.52. The van der Waals surface area contributed by atoms with Crippen LogP contribution in [0.2, 0.25) is 0 Å². The van der Waals surface area contributed by atoms with E-state index < -0.39 is 0 Å². The van der Waals surface area contributed by atoms with Crippen molar-refractivity contribution in [3.63, 3.8) is 0 Å². The van der Waals surface area contributed by atoms with Crippen LogP contribution in [-0.2, 0) is 6.54 Å². The van der Waals surface area contributed by atoms with Crippen molar-refractivity contribution in [2.45, 2.75) is 53.0 Å². The summed E-state index contributed by atoms with van der Waals surface area (Å²) < 4.78 is 0. The standard InChI is InChI=1S/C17H29N/c1-4-9-16(3)12-14-18(13-5-2)15-17-10-7-6-8-11-17/h6-8,10-11,16H,4-5,9,12-15H2,1-3H3. The second-order valence-corrected chi connectivity index (χ2v) is 5.44. The predicted octanol–water partition coefficient (Wildman–Crippen LogP) is 4.72. The van der Waals surface area contributed by atoms with Gasteiger partial charge in [0.25, 0.3) is 0 Å². The summed E-state index contributed by atoms with van der Waals surface area (Å²) in [5.41, 5.74) is 1.44. The lowest BCUT2D eigenvalue weighted by molar-refractivity contribution is 0.244. The van der Waals surface area contributed by atoms with Crippen LogP contribution < -0.4 is 0 Å². The largest absolute Gasteiger partial charge is 0.299 e. The van der Waals surface area contributed by atoms with Gasteiger partial charge in [-0.2, -0.15) is 0 Å². The Bertz CT molecular complexity index is 294. The number of rotatable bonds is 9. The van der Waals surface area contributed by atoms with Crippen LogP contribution in [0.1, 0.15) is 52.0 Å². The fraction of sp³-hybridized carbons (Fsp3) is 0.647. The molecule has 0 saturated carbocycles. The average Bonchev–Trinajstić information content (AvgIpc) is 2.38. The lowest BCUT2D eigenvalue weighted by atomic mass is 10.0. The summed E-state index contributed by atoms with van der Waals surface area (Å²) in [6.07, 6.45) is 5.26. The van der Waals surface area contributed by atoms with Crippen LogP contribution in [0.15, 0.2) is 30.3 Å². The van der Waals surface area contributed by atoms with E-state index in [0.29, 0.717) is 0 Å². The highest BCUT2D eigenvalue weighted by atomic mass is 15.1. The molecule has 0 bridgehead atoms. The first kappa shape index (κ1) is 15.2. The lowest BCUT2D eigenvalue weighted by Gasteiger charge is -2.23. The Morgan fingerprint density at radius 3 is 2.28 bits per heavy atom. The monoisotopic (exact) mass is 247 g/mol. The Labute approximate surface area is 113 Å². The van der Waals surface area contributed by atoms with E-state index in [1.165, 1.54) is 44.3 Å². The zero-order valence-electron chi connectivity index (χ0n) is 12.4. The fourth-order valence-electron chi connectivity index (χ4n) is 2.47. The van der Waals surface area contributed by atoms with Gasteiger partial charge in [-0.1, -0.05) is 63.9 Å². The van der Waals surface area contributed by atoms with Crippen molar-refractivity contribution in [1.29, 1.82) is 0 Å². The Morgan fingerprint density at radius 2 is 1.67 bits per heavy atom. The van der Waals surface area contributed by atoms with Gasteiger partial charge in [-0.25, -0.2) is 0 Å². The predicted molar refractivity (Wildman–Crippen MR) is 80.7 cm³/mol. The lowest BCUT2D eigenvalue weighted by Crippen LogP contribution is -2.26. The topological polar surface area (TPSA) is 3.24 Å². The summed E-state index contributed by atoms with van der Waals surface area (Å²) in [6, 6.07) is 10.8. The highest BCUT2D eigenvalue weighted by Gasteiger charge is 2.07. The smallest absolute Gasteiger partial charge is 0.0233 e. The summed E-state index contributed by atoms with van der Waals surface area (Å²) in [7, 11) is 0. The highest BCUT2D eigenvalue weighted by molar-refractivity contribution is 5.14.